The van der Waals surface area contributed by atoms with Gasteiger partial charge in [0.05, 0.1) is 6.54 Å². The number of amides is 1. The zero-order chi connectivity index (χ0) is 15.0. The van der Waals surface area contributed by atoms with Crippen molar-refractivity contribution >= 4 is 5.91 Å². The van der Waals surface area contributed by atoms with Crippen LogP contribution in [0.5, 0.6) is 0 Å². The molecule has 118 valence electrons. The van der Waals surface area contributed by atoms with Crippen LogP contribution in [0.3, 0.4) is 0 Å². The number of hydrogen-bond donors (Lipinski definition) is 2. The number of carbonyl (C=O) groups is 1. The molecular weight excluding hydrogens is 250 g/mol. The number of carbonyl (C=O) groups excluding carboxylic acids is 1. The van der Waals surface area contributed by atoms with E-state index in [9.17, 15) is 4.79 Å². The number of hydrogen-bond acceptors (Lipinski definition) is 3. The molecule has 0 aromatic carbocycles. The van der Waals surface area contributed by atoms with Crippen molar-refractivity contribution in [2.24, 2.45) is 11.7 Å². The number of rotatable bonds is 8. The highest BCUT2D eigenvalue weighted by Gasteiger charge is 2.38. The lowest BCUT2D eigenvalue weighted by Gasteiger charge is -2.47. The molecule has 1 rings (SSSR count). The summed E-state index contributed by atoms with van der Waals surface area (Å²) in [7, 11) is 0. The first kappa shape index (κ1) is 17.4. The van der Waals surface area contributed by atoms with E-state index in [1.807, 2.05) is 0 Å². The normalized spacial score (nSPS) is 26.8. The summed E-state index contributed by atoms with van der Waals surface area (Å²) in [5.41, 5.74) is 6.17. The van der Waals surface area contributed by atoms with E-state index in [-0.39, 0.29) is 11.4 Å². The second-order valence-corrected chi connectivity index (χ2v) is 6.38. The van der Waals surface area contributed by atoms with Crippen molar-refractivity contribution in [1.82, 2.24) is 10.2 Å². The predicted molar refractivity (Wildman–Crippen MR) is 84.6 cm³/mol. The van der Waals surface area contributed by atoms with E-state index < -0.39 is 0 Å². The van der Waals surface area contributed by atoms with Crippen molar-refractivity contribution in [3.05, 3.63) is 0 Å². The molecule has 0 aliphatic heterocycles. The third-order valence-electron chi connectivity index (χ3n) is 4.66. The Kier molecular flexibility index (Phi) is 7.52. The quantitative estimate of drug-likeness (QED) is 0.717. The minimum absolute atomic E-state index is 0.0477. The van der Waals surface area contributed by atoms with Crippen molar-refractivity contribution < 1.29 is 4.79 Å². The molecule has 0 saturated heterocycles. The monoisotopic (exact) mass is 283 g/mol. The maximum absolute atomic E-state index is 12.1. The maximum Gasteiger partial charge on any atom is 0.234 e. The SMILES string of the molecule is CCCNC(=O)CN(CCC)C1(CN)CCC(C)CC1. The molecule has 1 amide bonds. The molecule has 0 radical (unpaired) electrons. The number of nitrogens with one attached hydrogen (secondary N) is 1. The van der Waals surface area contributed by atoms with Crippen LogP contribution in [0.4, 0.5) is 0 Å². The van der Waals surface area contributed by atoms with E-state index in [0.717, 1.165) is 44.7 Å². The van der Waals surface area contributed by atoms with E-state index in [2.05, 4.69) is 31.0 Å². The lowest BCUT2D eigenvalue weighted by Crippen LogP contribution is -2.58. The molecule has 1 saturated carbocycles. The van der Waals surface area contributed by atoms with Crippen LogP contribution in [-0.4, -0.2) is 42.5 Å². The van der Waals surface area contributed by atoms with Crippen LogP contribution in [0.25, 0.3) is 0 Å². The summed E-state index contributed by atoms with van der Waals surface area (Å²) in [5.74, 6) is 0.943. The Balaban J connectivity index is 2.68. The Hall–Kier alpha value is -0.610. The average molecular weight is 283 g/mol. The molecule has 3 N–H and O–H groups in total. The molecule has 0 aromatic heterocycles. The van der Waals surface area contributed by atoms with E-state index in [4.69, 9.17) is 5.73 Å². The van der Waals surface area contributed by atoms with Gasteiger partial charge in [0, 0.05) is 18.6 Å². The maximum atomic E-state index is 12.1. The first-order valence-corrected chi connectivity index (χ1v) is 8.29. The molecule has 0 spiro atoms. The van der Waals surface area contributed by atoms with Gasteiger partial charge in [0.15, 0.2) is 0 Å². The van der Waals surface area contributed by atoms with Crippen LogP contribution in [0, 0.1) is 5.92 Å². The lowest BCUT2D eigenvalue weighted by molar-refractivity contribution is -0.124. The van der Waals surface area contributed by atoms with Crippen molar-refractivity contribution in [2.45, 2.75) is 64.8 Å². The summed E-state index contributed by atoms with van der Waals surface area (Å²) < 4.78 is 0. The largest absolute Gasteiger partial charge is 0.355 e. The molecule has 0 unspecified atom stereocenters. The Morgan fingerprint density at radius 3 is 2.45 bits per heavy atom. The Bertz CT molecular complexity index is 285. The lowest BCUT2D eigenvalue weighted by atomic mass is 9.76. The summed E-state index contributed by atoms with van der Waals surface area (Å²) in [5, 5.41) is 2.99. The molecule has 0 bridgehead atoms. The van der Waals surface area contributed by atoms with E-state index in [1.165, 1.54) is 12.8 Å². The van der Waals surface area contributed by atoms with Crippen LogP contribution >= 0.6 is 0 Å². The van der Waals surface area contributed by atoms with E-state index >= 15 is 0 Å². The van der Waals surface area contributed by atoms with Crippen molar-refractivity contribution in [1.29, 1.82) is 0 Å². The second kappa shape index (κ2) is 8.63. The standard InChI is InChI=1S/C16H33N3O/c1-4-10-18-15(20)12-19(11-5-2)16(13-17)8-6-14(3)7-9-16/h14H,4-13,17H2,1-3H3,(H,18,20). The van der Waals surface area contributed by atoms with E-state index in [1.54, 1.807) is 0 Å². The number of nitrogens with two attached hydrogens (primary N) is 1. The van der Waals surface area contributed by atoms with Gasteiger partial charge in [0.1, 0.15) is 0 Å². The highest BCUT2D eigenvalue weighted by atomic mass is 16.2. The number of nitrogens with zero attached hydrogens (tertiary/aromatic N) is 1. The zero-order valence-corrected chi connectivity index (χ0v) is 13.6. The van der Waals surface area contributed by atoms with Gasteiger partial charge in [-0.05, 0) is 51.0 Å². The fourth-order valence-electron chi connectivity index (χ4n) is 3.20. The van der Waals surface area contributed by atoms with Crippen LogP contribution < -0.4 is 11.1 Å². The molecule has 0 aromatic rings. The van der Waals surface area contributed by atoms with Gasteiger partial charge < -0.3 is 11.1 Å². The van der Waals surface area contributed by atoms with Crippen molar-refractivity contribution in [2.75, 3.05) is 26.2 Å². The second-order valence-electron chi connectivity index (χ2n) is 6.38. The summed E-state index contributed by atoms with van der Waals surface area (Å²) >= 11 is 0. The fourth-order valence-corrected chi connectivity index (χ4v) is 3.20. The molecule has 0 heterocycles. The van der Waals surface area contributed by atoms with Crippen LogP contribution in [-0.2, 0) is 4.79 Å². The van der Waals surface area contributed by atoms with Crippen LogP contribution in [0.2, 0.25) is 0 Å². The Labute approximate surface area is 124 Å². The van der Waals surface area contributed by atoms with Gasteiger partial charge in [-0.3, -0.25) is 9.69 Å². The Morgan fingerprint density at radius 1 is 1.30 bits per heavy atom. The first-order chi connectivity index (χ1) is 9.57. The zero-order valence-electron chi connectivity index (χ0n) is 13.6. The smallest absolute Gasteiger partial charge is 0.234 e. The van der Waals surface area contributed by atoms with Crippen LogP contribution in [0.15, 0.2) is 0 Å². The van der Waals surface area contributed by atoms with Crippen molar-refractivity contribution in [3.63, 3.8) is 0 Å². The molecule has 1 fully saturated rings. The van der Waals surface area contributed by atoms with Gasteiger partial charge in [-0.25, -0.2) is 0 Å². The first-order valence-electron chi connectivity index (χ1n) is 8.29. The molecular formula is C16H33N3O. The van der Waals surface area contributed by atoms with Gasteiger partial charge >= 0.3 is 0 Å². The average Bonchev–Trinajstić information content (AvgIpc) is 2.46. The summed E-state index contributed by atoms with van der Waals surface area (Å²) in [6, 6.07) is 0. The predicted octanol–water partition coefficient (Wildman–Crippen LogP) is 2.13. The third-order valence-corrected chi connectivity index (χ3v) is 4.66. The van der Waals surface area contributed by atoms with Gasteiger partial charge in [-0.15, -0.1) is 0 Å². The van der Waals surface area contributed by atoms with Gasteiger partial charge in [-0.2, -0.15) is 0 Å². The van der Waals surface area contributed by atoms with E-state index in [0.29, 0.717) is 13.1 Å². The molecule has 4 nitrogen and oxygen atoms in total. The Morgan fingerprint density at radius 2 is 1.95 bits per heavy atom. The van der Waals surface area contributed by atoms with Crippen molar-refractivity contribution in [3.8, 4) is 0 Å². The summed E-state index contributed by atoms with van der Waals surface area (Å²) in [4.78, 5) is 14.4. The third kappa shape index (κ3) is 4.74. The molecule has 0 atom stereocenters. The molecule has 4 heteroatoms. The molecule has 1 aliphatic rings. The molecule has 20 heavy (non-hydrogen) atoms. The van der Waals surface area contributed by atoms with Gasteiger partial charge in [0.25, 0.3) is 0 Å². The van der Waals surface area contributed by atoms with Gasteiger partial charge in [-0.1, -0.05) is 20.8 Å². The topological polar surface area (TPSA) is 58.4 Å². The molecule has 1 aliphatic carbocycles. The minimum Gasteiger partial charge on any atom is -0.355 e. The van der Waals surface area contributed by atoms with Gasteiger partial charge in [0.2, 0.25) is 5.91 Å². The van der Waals surface area contributed by atoms with Crippen LogP contribution in [0.1, 0.15) is 59.3 Å². The summed E-state index contributed by atoms with van der Waals surface area (Å²) in [6.45, 7) is 9.47. The highest BCUT2D eigenvalue weighted by Crippen LogP contribution is 2.35. The summed E-state index contributed by atoms with van der Waals surface area (Å²) in [6.07, 6.45) is 6.77. The minimum atomic E-state index is 0.0477. The highest BCUT2D eigenvalue weighted by molar-refractivity contribution is 5.78. The fraction of sp³-hybridized carbons (Fsp3) is 0.938.